The Morgan fingerprint density at radius 3 is 1.96 bits per heavy atom. The van der Waals surface area contributed by atoms with Crippen LogP contribution >= 0.6 is 0 Å². The van der Waals surface area contributed by atoms with Gasteiger partial charge < -0.3 is 4.90 Å². The van der Waals surface area contributed by atoms with Crippen molar-refractivity contribution in [2.75, 3.05) is 31.1 Å². The molecular formula is C20H21F3N2. The van der Waals surface area contributed by atoms with Gasteiger partial charge in [0.05, 0.1) is 5.56 Å². The number of halogens is 3. The molecule has 0 saturated carbocycles. The molecule has 132 valence electrons. The summed E-state index contributed by atoms with van der Waals surface area (Å²) in [4.78, 5) is 4.73. The molecule has 0 aromatic heterocycles. The molecule has 4 rings (SSSR count). The number of nitrogens with zero attached hydrogens (tertiary/aromatic N) is 2. The number of benzene rings is 2. The van der Waals surface area contributed by atoms with Crippen LogP contribution in [0.4, 0.5) is 18.9 Å². The van der Waals surface area contributed by atoms with E-state index in [1.807, 2.05) is 6.07 Å². The van der Waals surface area contributed by atoms with Crippen molar-refractivity contribution in [3.8, 4) is 0 Å². The van der Waals surface area contributed by atoms with Crippen LogP contribution in [0.25, 0.3) is 0 Å². The van der Waals surface area contributed by atoms with Crippen molar-refractivity contribution in [2.24, 2.45) is 11.8 Å². The summed E-state index contributed by atoms with van der Waals surface area (Å²) < 4.78 is 38.1. The Kier molecular flexibility index (Phi) is 4.20. The van der Waals surface area contributed by atoms with Gasteiger partial charge in [-0.25, -0.2) is 0 Å². The van der Waals surface area contributed by atoms with Gasteiger partial charge in [0.15, 0.2) is 0 Å². The fourth-order valence-corrected chi connectivity index (χ4v) is 4.13. The minimum absolute atomic E-state index is 0.579. The van der Waals surface area contributed by atoms with E-state index in [0.29, 0.717) is 11.8 Å². The van der Waals surface area contributed by atoms with E-state index >= 15 is 0 Å². The first kappa shape index (κ1) is 16.5. The van der Waals surface area contributed by atoms with Crippen molar-refractivity contribution in [1.29, 1.82) is 0 Å². The second-order valence-corrected chi connectivity index (χ2v) is 7.15. The summed E-state index contributed by atoms with van der Waals surface area (Å²) in [5.41, 5.74) is 1.66. The van der Waals surface area contributed by atoms with Gasteiger partial charge >= 0.3 is 6.18 Å². The molecular weight excluding hydrogens is 325 g/mol. The van der Waals surface area contributed by atoms with Gasteiger partial charge in [-0.1, -0.05) is 30.3 Å². The van der Waals surface area contributed by atoms with Crippen LogP contribution in [-0.4, -0.2) is 31.1 Å². The summed E-state index contributed by atoms with van der Waals surface area (Å²) >= 11 is 0. The fraction of sp³-hybridized carbons (Fsp3) is 0.400. The third kappa shape index (κ3) is 3.52. The van der Waals surface area contributed by atoms with Crippen LogP contribution in [0.5, 0.6) is 0 Å². The van der Waals surface area contributed by atoms with E-state index in [4.69, 9.17) is 0 Å². The molecule has 0 N–H and O–H groups in total. The minimum Gasteiger partial charge on any atom is -0.371 e. The molecule has 2 aliphatic heterocycles. The molecule has 25 heavy (non-hydrogen) atoms. The maximum absolute atomic E-state index is 12.7. The van der Waals surface area contributed by atoms with Gasteiger partial charge in [-0.05, 0) is 41.7 Å². The van der Waals surface area contributed by atoms with Crippen LogP contribution in [0.3, 0.4) is 0 Å². The number of hydrogen-bond donors (Lipinski definition) is 0. The van der Waals surface area contributed by atoms with Gasteiger partial charge in [0, 0.05) is 38.4 Å². The molecule has 2 nitrogen and oxygen atoms in total. The summed E-state index contributed by atoms with van der Waals surface area (Å²) in [6.45, 7) is 4.98. The molecule has 2 aromatic carbocycles. The summed E-state index contributed by atoms with van der Waals surface area (Å²) in [6.07, 6.45) is -4.27. The van der Waals surface area contributed by atoms with E-state index in [2.05, 4.69) is 34.1 Å². The summed E-state index contributed by atoms with van der Waals surface area (Å²) in [5, 5.41) is 0. The number of rotatable bonds is 3. The number of anilines is 1. The predicted octanol–water partition coefficient (Wildman–Crippen LogP) is 4.27. The van der Waals surface area contributed by atoms with Crippen LogP contribution in [0.1, 0.15) is 11.1 Å². The Morgan fingerprint density at radius 1 is 0.800 bits per heavy atom. The first-order valence-corrected chi connectivity index (χ1v) is 8.67. The number of fused-ring (bicyclic) bond motifs is 1. The SMILES string of the molecule is FC(F)(F)c1ccc(N2CC3CN(Cc4ccccc4)CC3C2)cc1. The zero-order valence-electron chi connectivity index (χ0n) is 13.9. The summed E-state index contributed by atoms with van der Waals surface area (Å²) in [6, 6.07) is 16.1. The van der Waals surface area contributed by atoms with Crippen molar-refractivity contribution in [1.82, 2.24) is 4.90 Å². The normalized spacial score (nSPS) is 23.9. The van der Waals surface area contributed by atoms with Gasteiger partial charge in [-0.2, -0.15) is 13.2 Å². The van der Waals surface area contributed by atoms with Crippen molar-refractivity contribution in [3.63, 3.8) is 0 Å². The Hall–Kier alpha value is -2.01. The molecule has 2 aliphatic rings. The lowest BCUT2D eigenvalue weighted by Crippen LogP contribution is -2.28. The molecule has 2 heterocycles. The number of alkyl halides is 3. The topological polar surface area (TPSA) is 6.48 Å². The van der Waals surface area contributed by atoms with Crippen molar-refractivity contribution < 1.29 is 13.2 Å². The smallest absolute Gasteiger partial charge is 0.371 e. The second kappa shape index (κ2) is 6.37. The van der Waals surface area contributed by atoms with Crippen molar-refractivity contribution >= 4 is 5.69 Å². The first-order valence-electron chi connectivity index (χ1n) is 8.67. The second-order valence-electron chi connectivity index (χ2n) is 7.15. The quantitative estimate of drug-likeness (QED) is 0.819. The molecule has 0 aliphatic carbocycles. The van der Waals surface area contributed by atoms with Crippen LogP contribution in [0, 0.1) is 11.8 Å². The van der Waals surface area contributed by atoms with E-state index in [-0.39, 0.29) is 0 Å². The minimum atomic E-state index is -4.27. The molecule has 2 saturated heterocycles. The van der Waals surface area contributed by atoms with Gasteiger partial charge in [-0.15, -0.1) is 0 Å². The highest BCUT2D eigenvalue weighted by Gasteiger charge is 2.40. The third-order valence-electron chi connectivity index (χ3n) is 5.37. The third-order valence-corrected chi connectivity index (χ3v) is 5.37. The Morgan fingerprint density at radius 2 is 1.40 bits per heavy atom. The lowest BCUT2D eigenvalue weighted by Gasteiger charge is -2.23. The van der Waals surface area contributed by atoms with E-state index in [1.54, 1.807) is 12.1 Å². The van der Waals surface area contributed by atoms with Gasteiger partial charge in [0.2, 0.25) is 0 Å². The summed E-state index contributed by atoms with van der Waals surface area (Å²) in [7, 11) is 0. The van der Waals surface area contributed by atoms with Crippen molar-refractivity contribution in [3.05, 3.63) is 65.7 Å². The van der Waals surface area contributed by atoms with Crippen molar-refractivity contribution in [2.45, 2.75) is 12.7 Å². The maximum atomic E-state index is 12.7. The monoisotopic (exact) mass is 346 g/mol. The summed E-state index contributed by atoms with van der Waals surface area (Å²) in [5.74, 6) is 1.21. The van der Waals surface area contributed by atoms with Crippen LogP contribution < -0.4 is 4.90 Å². The highest BCUT2D eigenvalue weighted by molar-refractivity contribution is 5.49. The fourth-order valence-electron chi connectivity index (χ4n) is 4.13. The predicted molar refractivity (Wildman–Crippen MR) is 92.4 cm³/mol. The number of likely N-dealkylation sites (tertiary alicyclic amines) is 1. The van der Waals surface area contributed by atoms with E-state index < -0.39 is 11.7 Å². The Bertz CT molecular complexity index is 698. The van der Waals surface area contributed by atoms with E-state index in [1.165, 1.54) is 17.7 Å². The molecule has 2 unspecified atom stereocenters. The zero-order chi connectivity index (χ0) is 17.4. The molecule has 0 radical (unpaired) electrons. The molecule has 0 spiro atoms. The average molecular weight is 346 g/mol. The van der Waals surface area contributed by atoms with E-state index in [9.17, 15) is 13.2 Å². The Labute approximate surface area is 145 Å². The molecule has 0 amide bonds. The maximum Gasteiger partial charge on any atom is 0.416 e. The molecule has 2 atom stereocenters. The largest absolute Gasteiger partial charge is 0.416 e. The first-order chi connectivity index (χ1) is 12.0. The average Bonchev–Trinajstić information content (AvgIpc) is 3.13. The highest BCUT2D eigenvalue weighted by atomic mass is 19.4. The van der Waals surface area contributed by atoms with Gasteiger partial charge in [0.25, 0.3) is 0 Å². The molecule has 5 heteroatoms. The van der Waals surface area contributed by atoms with Crippen LogP contribution in [0.15, 0.2) is 54.6 Å². The Balaban J connectivity index is 1.36. The number of hydrogen-bond acceptors (Lipinski definition) is 2. The van der Waals surface area contributed by atoms with Gasteiger partial charge in [0.1, 0.15) is 0 Å². The van der Waals surface area contributed by atoms with Gasteiger partial charge in [-0.3, -0.25) is 4.90 Å². The molecule has 0 bridgehead atoms. The van der Waals surface area contributed by atoms with Crippen LogP contribution in [0.2, 0.25) is 0 Å². The highest BCUT2D eigenvalue weighted by Crippen LogP contribution is 2.36. The van der Waals surface area contributed by atoms with E-state index in [0.717, 1.165) is 38.4 Å². The lowest BCUT2D eigenvalue weighted by molar-refractivity contribution is -0.137. The standard InChI is InChI=1S/C20H21F3N2/c21-20(22,23)18-6-8-19(9-7-18)25-13-16-11-24(12-17(16)14-25)10-15-4-2-1-3-5-15/h1-9,16-17H,10-14H2. The van der Waals surface area contributed by atoms with Crippen LogP contribution in [-0.2, 0) is 12.7 Å². The zero-order valence-corrected chi connectivity index (χ0v) is 13.9. The molecule has 2 aromatic rings. The molecule has 2 fully saturated rings. The lowest BCUT2D eigenvalue weighted by atomic mass is 10.0.